The van der Waals surface area contributed by atoms with E-state index in [9.17, 15) is 88.2 Å². The zero-order valence-electron chi connectivity index (χ0n) is 78.4. The fourth-order valence-corrected chi connectivity index (χ4v) is 22.5. The number of ketones is 1. The van der Waals surface area contributed by atoms with Gasteiger partial charge in [-0.3, -0.25) is 82.7 Å². The highest BCUT2D eigenvalue weighted by atomic mass is 33.1. The van der Waals surface area contributed by atoms with Crippen LogP contribution in [0.2, 0.25) is 0 Å². The summed E-state index contributed by atoms with van der Waals surface area (Å²) >= 11 is 0. The van der Waals surface area contributed by atoms with Crippen molar-refractivity contribution in [1.82, 2.24) is 77.5 Å². The number of guanidine groups is 1. The number of esters is 1. The number of benzene rings is 4. The molecule has 140 heavy (non-hydrogen) atoms. The quantitative estimate of drug-likeness (QED) is 0.00491. The number of likely N-dealkylation sites (N-methyl/N-ethyl adjacent to an activating group) is 2. The Labute approximate surface area is 811 Å². The SMILES string of the molecule is CC(=O)[C@H](CCCN=C(N)N)NC(=O)[C@H](CC(=O)O)NC(=O)CC[C@@H](C)NC(=O)c1ccc(NCc2cnc3nc(N)[nH]c(=O)c3n2)cc1.CC[C@]1(O)C[C@H]2CN(CCc3c([nH]c4ccccc34)[C@@](C(=O)OC)(c3cc4c(cc3OC)N(C)[C@H]3[C@@](O)(C(=O)NNC(=O)OCc5ccc(SSC[C@H](NC(=O)[C@H](CC(=O)O)NC(=O)[C@H](CC(=O)O)NC)C(=O)O)cc5)[C@H](O)[C@]5(CC)C=CCN6CC[C@]43[C@@H]65)C2)C1. The van der Waals surface area contributed by atoms with Crippen molar-refractivity contribution in [3.63, 3.8) is 0 Å². The van der Waals surface area contributed by atoms with E-state index in [4.69, 9.17) is 36.5 Å². The Morgan fingerprint density at radius 1 is 0.757 bits per heavy atom. The van der Waals surface area contributed by atoms with Crippen molar-refractivity contribution in [3.05, 3.63) is 153 Å². The van der Waals surface area contributed by atoms with E-state index in [2.05, 4.69) is 87.8 Å². The number of anilines is 3. The van der Waals surface area contributed by atoms with Gasteiger partial charge in [0, 0.05) is 125 Å². The number of aromatic amines is 2. The van der Waals surface area contributed by atoms with Crippen LogP contribution in [0.1, 0.15) is 149 Å². The highest BCUT2D eigenvalue weighted by molar-refractivity contribution is 8.76. The number of para-hydroxylation sites is 1. The van der Waals surface area contributed by atoms with Gasteiger partial charge >= 0.3 is 35.9 Å². The van der Waals surface area contributed by atoms with E-state index in [1.807, 2.05) is 67.3 Å². The molecule has 16 atom stereocenters. The minimum Gasteiger partial charge on any atom is -0.496 e. The number of carbonyl (C=O) groups excluding carboxylic acids is 9. The lowest BCUT2D eigenvalue weighted by molar-refractivity contribution is -0.204. The number of nitrogens with zero attached hydrogens (tertiary/aromatic N) is 7. The summed E-state index contributed by atoms with van der Waals surface area (Å²) in [6, 6.07) is 16.0. The topological polar surface area (TPSA) is 687 Å². The van der Waals surface area contributed by atoms with Gasteiger partial charge in [-0.1, -0.05) is 77.9 Å². The number of rotatable bonds is 40. The van der Waals surface area contributed by atoms with Gasteiger partial charge in [0.15, 0.2) is 28.5 Å². The van der Waals surface area contributed by atoms with Crippen molar-refractivity contribution in [2.75, 3.05) is 89.3 Å². The number of aliphatic hydroxyl groups excluding tert-OH is 1. The molecular weight excluding hydrogens is 1860 g/mol. The molecule has 2 bridgehead atoms. The van der Waals surface area contributed by atoms with Gasteiger partial charge in [0.1, 0.15) is 42.0 Å². The van der Waals surface area contributed by atoms with Gasteiger partial charge in [0.25, 0.3) is 17.4 Å². The van der Waals surface area contributed by atoms with Crippen molar-refractivity contribution in [2.24, 2.45) is 27.8 Å². The first kappa shape index (κ1) is 105. The van der Waals surface area contributed by atoms with Gasteiger partial charge in [-0.25, -0.2) is 25.0 Å². The van der Waals surface area contributed by atoms with E-state index in [0.717, 1.165) is 43.6 Å². The van der Waals surface area contributed by atoms with Crippen molar-refractivity contribution in [1.29, 1.82) is 0 Å². The number of hydrogen-bond donors (Lipinski definition) is 21. The van der Waals surface area contributed by atoms with Gasteiger partial charge in [0.2, 0.25) is 29.6 Å². The Morgan fingerprint density at radius 3 is 2.08 bits per heavy atom. The van der Waals surface area contributed by atoms with Gasteiger partial charge in [-0.15, -0.1) is 0 Å². The van der Waals surface area contributed by atoms with Gasteiger partial charge < -0.3 is 114 Å². The van der Waals surface area contributed by atoms with Crippen LogP contribution in [0, 0.1) is 11.3 Å². The third-order valence-electron chi connectivity index (χ3n) is 26.9. The zero-order valence-corrected chi connectivity index (χ0v) is 80.0. The Balaban J connectivity index is 0.000000302. The van der Waals surface area contributed by atoms with E-state index in [-0.39, 0.29) is 91.8 Å². The maximum Gasteiger partial charge on any atom is 0.426 e. The van der Waals surface area contributed by atoms with Crippen LogP contribution in [0.5, 0.6) is 5.75 Å². The number of Topliss-reactive ketones (excluding diaryl/α,β-unsaturated/α-hetero) is 1. The van der Waals surface area contributed by atoms with E-state index in [1.165, 1.54) is 34.4 Å². The Morgan fingerprint density at radius 2 is 1.43 bits per heavy atom. The molecule has 4 aromatic carbocycles. The number of aliphatic hydroxyl groups is 3. The lowest BCUT2D eigenvalue weighted by Gasteiger charge is -2.63. The molecule has 1 spiro atoms. The number of ether oxygens (including phenoxy) is 3. The van der Waals surface area contributed by atoms with Crippen LogP contribution in [0.3, 0.4) is 0 Å². The van der Waals surface area contributed by atoms with Crippen LogP contribution in [-0.4, -0.2) is 293 Å². The van der Waals surface area contributed by atoms with E-state index in [0.29, 0.717) is 121 Å². The third kappa shape index (κ3) is 23.1. The molecule has 1 saturated carbocycles. The lowest BCUT2D eigenvalue weighted by Crippen LogP contribution is -2.82. The number of aliphatic imine (C=N–C) groups is 1. The molecule has 1 unspecified atom stereocenters. The number of fused-ring (bicyclic) bond motifs is 7. The van der Waals surface area contributed by atoms with Crippen LogP contribution in [0.25, 0.3) is 22.1 Å². The van der Waals surface area contributed by atoms with Crippen LogP contribution in [-0.2, 0) is 92.6 Å². The summed E-state index contributed by atoms with van der Waals surface area (Å²) < 4.78 is 17.9. The number of carboxylic acid groups (broad SMARTS) is 4. The van der Waals surface area contributed by atoms with Crippen LogP contribution < -0.4 is 80.5 Å². The monoisotopic (exact) mass is 1980 g/mol. The number of amides is 7. The van der Waals surface area contributed by atoms with Gasteiger partial charge in [0.05, 0.1) is 75.6 Å². The van der Waals surface area contributed by atoms with E-state index >= 15 is 9.59 Å². The second-order valence-electron chi connectivity index (χ2n) is 36.0. The summed E-state index contributed by atoms with van der Waals surface area (Å²) in [5.41, 5.74) is 19.3. The number of methoxy groups -OCH3 is 2. The number of nitrogen functional groups attached to an aromatic ring is 1. The number of nitrogens with two attached hydrogens (primary N) is 3. The average Bonchev–Trinajstić information content (AvgIpc) is 1.47. The van der Waals surface area contributed by atoms with Crippen LogP contribution in [0.15, 0.2) is 118 Å². The first-order chi connectivity index (χ1) is 66.6. The Hall–Kier alpha value is -13.6. The molecule has 6 aliphatic rings. The predicted molar refractivity (Wildman–Crippen MR) is 513 cm³/mol. The maximum absolute atomic E-state index is 15.6. The smallest absolute Gasteiger partial charge is 0.426 e. The number of carboxylic acids is 4. The molecule has 45 nitrogen and oxygen atoms in total. The molecule has 1 aliphatic carbocycles. The molecule has 5 aliphatic heterocycles. The summed E-state index contributed by atoms with van der Waals surface area (Å²) in [7, 11) is 8.16. The molecule has 7 aromatic rings. The maximum atomic E-state index is 15.6. The van der Waals surface area contributed by atoms with E-state index < -0.39 is 172 Å². The third-order valence-corrected chi connectivity index (χ3v) is 29.3. The normalized spacial score (nSPS) is 23.2. The van der Waals surface area contributed by atoms with Crippen molar-refractivity contribution in [2.45, 2.75) is 206 Å². The number of H-pyrrole nitrogens is 2. The molecule has 3 aromatic heterocycles. The number of carbonyl (C=O) groups is 13. The molecule has 24 N–H and O–H groups in total. The number of aliphatic carboxylic acids is 4. The first-order valence-corrected chi connectivity index (χ1v) is 47.9. The lowest BCUT2D eigenvalue weighted by atomic mass is 9.47. The zero-order chi connectivity index (χ0) is 102. The number of nitrogens with one attached hydrogen (secondary N) is 11. The summed E-state index contributed by atoms with van der Waals surface area (Å²) in [5.74, 6) is -11.7. The summed E-state index contributed by atoms with van der Waals surface area (Å²) in [4.78, 5) is 208. The molecule has 8 heterocycles. The van der Waals surface area contributed by atoms with Crippen molar-refractivity contribution >= 4 is 144 Å². The first-order valence-electron chi connectivity index (χ1n) is 45.6. The van der Waals surface area contributed by atoms with Gasteiger partial charge in [-0.2, -0.15) is 4.98 Å². The molecule has 7 amide bonds. The van der Waals surface area contributed by atoms with Crippen LogP contribution >= 0.6 is 21.6 Å². The highest BCUT2D eigenvalue weighted by Gasteiger charge is 2.79. The molecule has 0 radical (unpaired) electrons. The van der Waals surface area contributed by atoms with E-state index in [1.54, 1.807) is 62.5 Å². The molecule has 752 valence electrons. The Kier molecular flexibility index (Phi) is 33.9. The number of aromatic nitrogens is 5. The van der Waals surface area contributed by atoms with Crippen molar-refractivity contribution in [3.8, 4) is 5.75 Å². The van der Waals surface area contributed by atoms with Crippen molar-refractivity contribution < 1.29 is 112 Å². The fourth-order valence-electron chi connectivity index (χ4n) is 20.4. The second-order valence-corrected chi connectivity index (χ2v) is 38.4. The van der Waals surface area contributed by atoms with Gasteiger partial charge in [-0.05, 0) is 156 Å². The largest absolute Gasteiger partial charge is 0.496 e. The highest BCUT2D eigenvalue weighted by Crippen LogP contribution is 2.68. The molecule has 47 heteroatoms. The van der Waals surface area contributed by atoms with Crippen LogP contribution in [0.4, 0.5) is 22.1 Å². The fraction of sp³-hybridized carbons (Fsp3) is 0.484. The minimum atomic E-state index is -2.64. The second kappa shape index (κ2) is 45.1. The molecule has 2 saturated heterocycles. The molecular formula is C93H119N21O24S2. The minimum absolute atomic E-state index is 0.0554. The number of hydrogen-bond acceptors (Lipinski definition) is 32. The Bertz CT molecular complexity index is 5970. The average molecular weight is 1980 g/mol. The summed E-state index contributed by atoms with van der Waals surface area (Å²) in [5, 5.41) is 95.1. The molecule has 13 rings (SSSR count). The predicted octanol–water partition coefficient (Wildman–Crippen LogP) is 1.43. The number of piperidine rings is 1. The number of hydrazine groups is 1. The summed E-state index contributed by atoms with van der Waals surface area (Å²) in [6.45, 7) is 9.87. The summed E-state index contributed by atoms with van der Waals surface area (Å²) in [6.07, 6.45) is 3.36. The molecule has 3 fully saturated rings. The standard InChI is InChI=1S/C63H79N9O17S2.C30H40N12O7/c1-7-59(85)28-35-29-62(57(83)88-6,49-38(18-22-71(30-35)33-59)37-12-9-10-13-41(37)65-49)40-24-39-45(27-46(40)87-5)70(4)54-61(39)20-23-72-21-11-19-60(8-2,53(61)72)55(81)63(54,86)56(82)68-69-58(84)89-31-34-14-16-36(17-15-34)91-90-32-44(52(79)80)67-51(78)43(26-48(75)76)66-50(77)42(64-3)25-47(73)74;1-15(5-10-22(44)39-21(12-23(45)46)27(48)40-20(16(2)43)4-3-11-34-29(31)32)37-26(47)17-6-8-18(9-7-17)35-13-19-14-36-25-24(38-19)28(49)42-30(33)41-25/h9-17,19,24,27,35,42-44,53-55,64-65,81,85-86H,7-8,18,20-23,25-26,28-33H2,1-6H3,(H,66,77)(H,67,78)(H,68,82)(H,69,84)(H,73,74)(H,75,76)(H,79,80);6-9,14-15,20-21,35H,3-5,10-13H2,1-2H3,(H,37,47)(H,39,44)(H,40,48)(H,45,46)(H4,31,32,34)(H3,33,36,41,42,49)/t35-,42+,43+,44+,53+,54-,55-,59+,60-,61-,62+,63+;15-,20+,21+/m11/s1.